The van der Waals surface area contributed by atoms with Crippen LogP contribution in [0.2, 0.25) is 0 Å². The summed E-state index contributed by atoms with van der Waals surface area (Å²) in [7, 11) is 0. The minimum absolute atomic E-state index is 0.771. The Bertz CT molecular complexity index is 271. The largest absolute Gasteiger partial charge is 0.408 e. The van der Waals surface area contributed by atoms with Gasteiger partial charge in [0, 0.05) is 11.6 Å². The van der Waals surface area contributed by atoms with Crippen molar-refractivity contribution in [3.8, 4) is 0 Å². The number of aliphatic hydroxyl groups excluding tert-OH is 4. The highest BCUT2D eigenvalue weighted by Crippen LogP contribution is 2.29. The van der Waals surface area contributed by atoms with Crippen LogP contribution in [0.25, 0.3) is 0 Å². The van der Waals surface area contributed by atoms with E-state index in [9.17, 15) is 25.2 Å². The Hall–Kier alpha value is -0.480. The van der Waals surface area contributed by atoms with E-state index in [4.69, 9.17) is 16.7 Å². The molecular weight excluding hydrogens is 248 g/mol. The average Bonchev–Trinajstić information content (AvgIpc) is 2.20. The molecule has 1 rings (SSSR count). The van der Waals surface area contributed by atoms with Gasteiger partial charge in [-0.2, -0.15) is 0 Å². The van der Waals surface area contributed by atoms with Gasteiger partial charge in [0.2, 0.25) is 0 Å². The number of hydrogen-bond acceptors (Lipinski definition) is 8. The van der Waals surface area contributed by atoms with E-state index in [0.29, 0.717) is 0 Å². The molecule has 5 atom stereocenters. The molecule has 0 aromatic heterocycles. The molecule has 0 aromatic rings. The summed E-state index contributed by atoms with van der Waals surface area (Å²) in [5.74, 6) is -2.91. The highest BCUT2D eigenvalue weighted by molar-refractivity contribution is 6.61. The lowest BCUT2D eigenvalue weighted by molar-refractivity contribution is -0.428. The molecule has 94 valence electrons. The number of carbonyl (C=O) groups is 1. The molecule has 0 saturated carbocycles. The first-order valence-corrected chi connectivity index (χ1v) is 4.63. The lowest BCUT2D eigenvalue weighted by Gasteiger charge is -2.43. The first-order chi connectivity index (χ1) is 7.31. The monoisotopic (exact) mass is 258 g/mol. The second kappa shape index (κ2) is 4.80. The Kier molecular flexibility index (Phi) is 4.07. The fraction of sp³-hybridized carbons (Fsp3) is 0.857. The minimum atomic E-state index is -2.91. The molecule has 1 saturated heterocycles. The van der Waals surface area contributed by atoms with Crippen molar-refractivity contribution in [1.29, 1.82) is 0 Å². The Morgan fingerprint density at radius 2 is 1.94 bits per heavy atom. The standard InChI is InChI=1S/C7H11ClO8/c8-6(13)16-7(14)5(12)4(11)3(10)2(1-9)15-7/h2-5,9-12,14H,1H2/t2-,3+,4+,5-,7+/m1/s1. The summed E-state index contributed by atoms with van der Waals surface area (Å²) in [5, 5.41) is 46.2. The quantitative estimate of drug-likeness (QED) is 0.270. The van der Waals surface area contributed by atoms with Gasteiger partial charge >= 0.3 is 11.4 Å². The molecule has 0 amide bonds. The van der Waals surface area contributed by atoms with Gasteiger partial charge in [0.1, 0.15) is 18.3 Å². The van der Waals surface area contributed by atoms with Gasteiger partial charge in [-0.15, -0.1) is 0 Å². The SMILES string of the molecule is O=C(Cl)O[C@@]1(O)O[C@H](CO)[C@H](O)[C@H](O)[C@H]1O. The summed E-state index contributed by atoms with van der Waals surface area (Å²) < 4.78 is 8.62. The number of hydrogen-bond donors (Lipinski definition) is 5. The molecule has 0 radical (unpaired) electrons. The summed E-state index contributed by atoms with van der Waals surface area (Å²) in [6.45, 7) is -0.771. The van der Waals surface area contributed by atoms with Gasteiger partial charge in [-0.1, -0.05) is 0 Å². The van der Waals surface area contributed by atoms with E-state index in [-0.39, 0.29) is 0 Å². The van der Waals surface area contributed by atoms with Crippen LogP contribution in [0.3, 0.4) is 0 Å². The second-order valence-electron chi connectivity index (χ2n) is 3.24. The summed E-state index contributed by atoms with van der Waals surface area (Å²) >= 11 is 4.82. The van der Waals surface area contributed by atoms with E-state index in [1.54, 1.807) is 0 Å². The van der Waals surface area contributed by atoms with E-state index in [1.165, 1.54) is 0 Å². The third-order valence-corrected chi connectivity index (χ3v) is 2.23. The number of aliphatic hydroxyl groups is 5. The normalized spacial score (nSPS) is 44.1. The lowest BCUT2D eigenvalue weighted by atomic mass is 9.98. The van der Waals surface area contributed by atoms with Crippen LogP contribution in [0.15, 0.2) is 0 Å². The Morgan fingerprint density at radius 1 is 1.38 bits per heavy atom. The van der Waals surface area contributed by atoms with Crippen LogP contribution in [-0.4, -0.2) is 68.0 Å². The third-order valence-electron chi connectivity index (χ3n) is 2.15. The average molecular weight is 259 g/mol. The summed E-state index contributed by atoms with van der Waals surface area (Å²) in [6, 6.07) is 0. The number of ether oxygens (including phenoxy) is 2. The fourth-order valence-electron chi connectivity index (χ4n) is 1.32. The van der Waals surface area contributed by atoms with Gasteiger partial charge in [-0.05, 0) is 0 Å². The topological polar surface area (TPSA) is 137 Å². The van der Waals surface area contributed by atoms with E-state index < -0.39 is 42.4 Å². The zero-order chi connectivity index (χ0) is 12.5. The van der Waals surface area contributed by atoms with Crippen LogP contribution in [-0.2, 0) is 9.47 Å². The maximum absolute atomic E-state index is 10.4. The van der Waals surface area contributed by atoms with Gasteiger partial charge in [0.25, 0.3) is 0 Å². The summed E-state index contributed by atoms with van der Waals surface area (Å²) in [6.07, 6.45) is -7.06. The van der Waals surface area contributed by atoms with Crippen LogP contribution in [0.1, 0.15) is 0 Å². The van der Waals surface area contributed by atoms with Crippen LogP contribution in [0.5, 0.6) is 0 Å². The Morgan fingerprint density at radius 3 is 2.38 bits per heavy atom. The van der Waals surface area contributed by atoms with Gasteiger partial charge in [-0.25, -0.2) is 4.79 Å². The molecule has 0 bridgehead atoms. The zero-order valence-electron chi connectivity index (χ0n) is 7.86. The van der Waals surface area contributed by atoms with Crippen molar-refractivity contribution < 1.29 is 39.8 Å². The molecule has 1 aliphatic heterocycles. The van der Waals surface area contributed by atoms with Gasteiger partial charge < -0.3 is 35.0 Å². The van der Waals surface area contributed by atoms with E-state index in [0.717, 1.165) is 0 Å². The van der Waals surface area contributed by atoms with Crippen molar-refractivity contribution in [3.63, 3.8) is 0 Å². The van der Waals surface area contributed by atoms with E-state index in [1.807, 2.05) is 0 Å². The first-order valence-electron chi connectivity index (χ1n) is 4.25. The predicted molar refractivity (Wildman–Crippen MR) is 47.3 cm³/mol. The van der Waals surface area contributed by atoms with Crippen LogP contribution >= 0.6 is 11.6 Å². The maximum atomic E-state index is 10.4. The van der Waals surface area contributed by atoms with Gasteiger partial charge in [0.05, 0.1) is 6.61 Å². The van der Waals surface area contributed by atoms with Crippen molar-refractivity contribution in [1.82, 2.24) is 0 Å². The fourth-order valence-corrected chi connectivity index (χ4v) is 1.43. The first kappa shape index (κ1) is 13.6. The summed E-state index contributed by atoms with van der Waals surface area (Å²) in [4.78, 5) is 10.4. The molecule has 1 fully saturated rings. The molecule has 16 heavy (non-hydrogen) atoms. The van der Waals surface area contributed by atoms with Crippen LogP contribution in [0, 0.1) is 0 Å². The highest BCUT2D eigenvalue weighted by Gasteiger charge is 2.55. The number of carbonyl (C=O) groups excluding carboxylic acids is 1. The third kappa shape index (κ3) is 2.43. The molecule has 0 spiro atoms. The van der Waals surface area contributed by atoms with Crippen molar-refractivity contribution in [2.24, 2.45) is 0 Å². The Labute approximate surface area is 94.6 Å². The lowest BCUT2D eigenvalue weighted by Crippen LogP contribution is -2.66. The molecule has 8 nitrogen and oxygen atoms in total. The maximum Gasteiger partial charge on any atom is 0.408 e. The molecule has 9 heteroatoms. The smallest absolute Gasteiger partial charge is 0.394 e. The van der Waals surface area contributed by atoms with Crippen molar-refractivity contribution in [2.45, 2.75) is 30.4 Å². The minimum Gasteiger partial charge on any atom is -0.394 e. The molecule has 0 aromatic carbocycles. The second-order valence-corrected chi connectivity index (χ2v) is 3.54. The van der Waals surface area contributed by atoms with Crippen LogP contribution in [0.4, 0.5) is 4.79 Å². The van der Waals surface area contributed by atoms with Crippen molar-refractivity contribution in [2.75, 3.05) is 6.61 Å². The Balaban J connectivity index is 2.89. The summed E-state index contributed by atoms with van der Waals surface area (Å²) in [5.41, 5.74) is -1.48. The molecule has 1 heterocycles. The predicted octanol–water partition coefficient (Wildman–Crippen LogP) is -2.52. The van der Waals surface area contributed by atoms with E-state index in [2.05, 4.69) is 9.47 Å². The molecule has 1 aliphatic rings. The van der Waals surface area contributed by atoms with Crippen molar-refractivity contribution >= 4 is 17.0 Å². The van der Waals surface area contributed by atoms with E-state index >= 15 is 0 Å². The van der Waals surface area contributed by atoms with Crippen molar-refractivity contribution in [3.05, 3.63) is 0 Å². The highest BCUT2D eigenvalue weighted by atomic mass is 35.5. The number of rotatable bonds is 2. The molecule has 0 unspecified atom stereocenters. The molecule has 0 aliphatic carbocycles. The molecule has 5 N–H and O–H groups in total. The zero-order valence-corrected chi connectivity index (χ0v) is 8.61. The molecular formula is C7H11ClO8. The van der Waals surface area contributed by atoms with Gasteiger partial charge in [0.15, 0.2) is 6.10 Å². The van der Waals surface area contributed by atoms with Crippen LogP contribution < -0.4 is 0 Å². The number of halogens is 1. The van der Waals surface area contributed by atoms with Gasteiger partial charge in [-0.3, -0.25) is 0 Å².